The Bertz CT molecular complexity index is 1020. The predicted molar refractivity (Wildman–Crippen MR) is 126 cm³/mol. The SMILES string of the molecule is CN(CC(O)CNC(C)(C)CCCc1ccccc1)S(=O)(=O)c1cc(C(F)(F)F)ccc1Br. The Morgan fingerprint density at radius 3 is 2.36 bits per heavy atom. The minimum atomic E-state index is -4.67. The number of likely N-dealkylation sites (N-methyl/N-ethyl adjacent to an activating group) is 1. The van der Waals surface area contributed by atoms with Gasteiger partial charge in [0.15, 0.2) is 0 Å². The third-order valence-corrected chi connectivity index (χ3v) is 8.16. The molecule has 1 unspecified atom stereocenters. The van der Waals surface area contributed by atoms with Gasteiger partial charge in [0.2, 0.25) is 10.0 Å². The van der Waals surface area contributed by atoms with Crippen LogP contribution in [0.5, 0.6) is 0 Å². The number of aryl methyl sites for hydroxylation is 1. The molecule has 0 aromatic heterocycles. The summed E-state index contributed by atoms with van der Waals surface area (Å²) in [6.07, 6.45) is -2.99. The summed E-state index contributed by atoms with van der Waals surface area (Å²) in [5, 5.41) is 13.6. The maximum atomic E-state index is 13.0. The van der Waals surface area contributed by atoms with Gasteiger partial charge in [0, 0.05) is 30.1 Å². The number of β-amino-alcohol motifs (C(OH)–C–C–N with tert-alkyl or cyclic N) is 1. The first kappa shape index (κ1) is 27.8. The van der Waals surface area contributed by atoms with Crippen LogP contribution in [0.4, 0.5) is 13.2 Å². The summed E-state index contributed by atoms with van der Waals surface area (Å²) in [6.45, 7) is 3.88. The van der Waals surface area contributed by atoms with Crippen LogP contribution in [0, 0.1) is 0 Å². The zero-order valence-electron chi connectivity index (χ0n) is 18.9. The minimum Gasteiger partial charge on any atom is -0.390 e. The van der Waals surface area contributed by atoms with Gasteiger partial charge in [0.1, 0.15) is 0 Å². The van der Waals surface area contributed by atoms with Gasteiger partial charge in [0.05, 0.1) is 16.6 Å². The highest BCUT2D eigenvalue weighted by atomic mass is 79.9. The molecule has 0 bridgehead atoms. The molecule has 2 rings (SSSR count). The fraction of sp³-hybridized carbons (Fsp3) is 0.478. The lowest BCUT2D eigenvalue weighted by atomic mass is 9.95. The lowest BCUT2D eigenvalue weighted by molar-refractivity contribution is -0.137. The molecule has 0 aliphatic carbocycles. The van der Waals surface area contributed by atoms with Gasteiger partial charge in [-0.2, -0.15) is 17.5 Å². The number of nitrogens with one attached hydrogen (secondary N) is 1. The maximum absolute atomic E-state index is 13.0. The van der Waals surface area contributed by atoms with Crippen molar-refractivity contribution in [1.29, 1.82) is 0 Å². The van der Waals surface area contributed by atoms with Crippen molar-refractivity contribution < 1.29 is 26.7 Å². The molecule has 10 heteroatoms. The van der Waals surface area contributed by atoms with Crippen molar-refractivity contribution in [1.82, 2.24) is 9.62 Å². The molecule has 0 spiro atoms. The van der Waals surface area contributed by atoms with E-state index in [9.17, 15) is 26.7 Å². The molecule has 0 heterocycles. The van der Waals surface area contributed by atoms with Crippen molar-refractivity contribution in [2.75, 3.05) is 20.1 Å². The molecule has 2 aromatic carbocycles. The van der Waals surface area contributed by atoms with Crippen LogP contribution in [0.25, 0.3) is 0 Å². The lowest BCUT2D eigenvalue weighted by Crippen LogP contribution is -2.46. The standard InChI is InChI=1S/C23H30BrF3N2O3S/c1-22(2,13-7-10-17-8-5-4-6-9-17)28-15-19(30)16-29(3)33(31,32)21-14-18(23(25,26)27)11-12-20(21)24/h4-6,8-9,11-12,14,19,28,30H,7,10,13,15-16H2,1-3H3. The summed E-state index contributed by atoms with van der Waals surface area (Å²) in [6, 6.07) is 12.6. The lowest BCUT2D eigenvalue weighted by Gasteiger charge is -2.29. The summed E-state index contributed by atoms with van der Waals surface area (Å²) in [5.74, 6) is 0. The number of sulfonamides is 1. The molecular formula is C23H30BrF3N2O3S. The molecule has 1 atom stereocenters. The topological polar surface area (TPSA) is 69.6 Å². The van der Waals surface area contributed by atoms with Gasteiger partial charge < -0.3 is 10.4 Å². The van der Waals surface area contributed by atoms with E-state index in [4.69, 9.17) is 0 Å². The largest absolute Gasteiger partial charge is 0.416 e. The Balaban J connectivity index is 1.93. The number of hydrogen-bond donors (Lipinski definition) is 2. The maximum Gasteiger partial charge on any atom is 0.416 e. The van der Waals surface area contributed by atoms with Gasteiger partial charge in [-0.05, 0) is 72.8 Å². The number of rotatable bonds is 11. The van der Waals surface area contributed by atoms with Crippen LogP contribution in [0.1, 0.15) is 37.8 Å². The number of aliphatic hydroxyl groups excluding tert-OH is 1. The third kappa shape index (κ3) is 8.36. The third-order valence-electron chi connectivity index (χ3n) is 5.34. The molecule has 33 heavy (non-hydrogen) atoms. The van der Waals surface area contributed by atoms with Gasteiger partial charge in [-0.1, -0.05) is 30.3 Å². The van der Waals surface area contributed by atoms with E-state index in [0.29, 0.717) is 6.07 Å². The molecule has 0 saturated heterocycles. The van der Waals surface area contributed by atoms with E-state index in [2.05, 4.69) is 33.4 Å². The number of hydrogen-bond acceptors (Lipinski definition) is 4. The minimum absolute atomic E-state index is 0.0227. The van der Waals surface area contributed by atoms with Crippen molar-refractivity contribution in [3.8, 4) is 0 Å². The summed E-state index contributed by atoms with van der Waals surface area (Å²) in [4.78, 5) is -0.499. The quantitative estimate of drug-likeness (QED) is 0.420. The Kier molecular flexibility index (Phi) is 9.52. The number of halogens is 4. The van der Waals surface area contributed by atoms with E-state index in [0.717, 1.165) is 35.7 Å². The molecule has 2 N–H and O–H groups in total. The summed E-state index contributed by atoms with van der Waals surface area (Å²) in [7, 11) is -3.02. The second-order valence-electron chi connectivity index (χ2n) is 8.69. The number of aliphatic hydroxyl groups is 1. The highest BCUT2D eigenvalue weighted by Crippen LogP contribution is 2.34. The monoisotopic (exact) mass is 550 g/mol. The van der Waals surface area contributed by atoms with Crippen molar-refractivity contribution >= 4 is 26.0 Å². The van der Waals surface area contributed by atoms with Gasteiger partial charge in [-0.15, -0.1) is 0 Å². The van der Waals surface area contributed by atoms with Crippen LogP contribution in [-0.4, -0.2) is 49.6 Å². The van der Waals surface area contributed by atoms with E-state index in [1.165, 1.54) is 12.6 Å². The van der Waals surface area contributed by atoms with Crippen molar-refractivity contribution in [2.45, 2.75) is 55.8 Å². The first-order valence-electron chi connectivity index (χ1n) is 10.5. The number of nitrogens with zero attached hydrogens (tertiary/aromatic N) is 1. The van der Waals surface area contributed by atoms with E-state index < -0.39 is 32.8 Å². The van der Waals surface area contributed by atoms with Crippen LogP contribution in [-0.2, 0) is 22.6 Å². The summed E-state index contributed by atoms with van der Waals surface area (Å²) >= 11 is 3.02. The second-order valence-corrected chi connectivity index (χ2v) is 11.6. The van der Waals surface area contributed by atoms with Crippen LogP contribution < -0.4 is 5.32 Å². The molecule has 0 fully saturated rings. The zero-order chi connectivity index (χ0) is 24.9. The highest BCUT2D eigenvalue weighted by Gasteiger charge is 2.34. The van der Waals surface area contributed by atoms with E-state index in [1.54, 1.807) is 0 Å². The highest BCUT2D eigenvalue weighted by molar-refractivity contribution is 9.10. The average Bonchev–Trinajstić information content (AvgIpc) is 2.72. The number of alkyl halides is 3. The smallest absolute Gasteiger partial charge is 0.390 e. The molecule has 2 aromatic rings. The first-order chi connectivity index (χ1) is 15.2. The normalized spacial score (nSPS) is 14.0. The summed E-state index contributed by atoms with van der Waals surface area (Å²) in [5.41, 5.74) is -0.0878. The van der Waals surface area contributed by atoms with Gasteiger partial charge >= 0.3 is 6.18 Å². The fourth-order valence-electron chi connectivity index (χ4n) is 3.37. The summed E-state index contributed by atoms with van der Waals surface area (Å²) < 4.78 is 65.6. The Labute approximate surface area is 202 Å². The van der Waals surface area contributed by atoms with E-state index in [-0.39, 0.29) is 23.1 Å². The molecule has 184 valence electrons. The van der Waals surface area contributed by atoms with E-state index >= 15 is 0 Å². The van der Waals surface area contributed by atoms with Gasteiger partial charge in [-0.3, -0.25) is 0 Å². The molecule has 0 radical (unpaired) electrons. The molecular weight excluding hydrogens is 521 g/mol. The van der Waals surface area contributed by atoms with Gasteiger partial charge in [0.25, 0.3) is 0 Å². The number of benzene rings is 2. The zero-order valence-corrected chi connectivity index (χ0v) is 21.3. The Morgan fingerprint density at radius 1 is 1.12 bits per heavy atom. The Morgan fingerprint density at radius 2 is 1.76 bits per heavy atom. The van der Waals surface area contributed by atoms with Crippen molar-refractivity contribution in [3.63, 3.8) is 0 Å². The fourth-order valence-corrected chi connectivity index (χ4v) is 5.52. The molecule has 0 aliphatic rings. The average molecular weight is 551 g/mol. The molecule has 0 saturated carbocycles. The van der Waals surface area contributed by atoms with Crippen molar-refractivity contribution in [3.05, 3.63) is 64.1 Å². The van der Waals surface area contributed by atoms with Gasteiger partial charge in [-0.25, -0.2) is 8.42 Å². The van der Waals surface area contributed by atoms with E-state index in [1.807, 2.05) is 32.0 Å². The molecule has 0 amide bonds. The molecule has 5 nitrogen and oxygen atoms in total. The van der Waals surface area contributed by atoms with Crippen LogP contribution >= 0.6 is 15.9 Å². The first-order valence-corrected chi connectivity index (χ1v) is 12.8. The molecule has 0 aliphatic heterocycles. The van der Waals surface area contributed by atoms with Crippen LogP contribution in [0.3, 0.4) is 0 Å². The van der Waals surface area contributed by atoms with Crippen molar-refractivity contribution in [2.24, 2.45) is 0 Å². The van der Waals surface area contributed by atoms with Crippen LogP contribution in [0.15, 0.2) is 57.9 Å². The predicted octanol–water partition coefficient (Wildman–Crippen LogP) is 4.84. The van der Waals surface area contributed by atoms with Crippen LogP contribution in [0.2, 0.25) is 0 Å². The second kappa shape index (κ2) is 11.3. The Hall–Kier alpha value is -1.46.